The van der Waals surface area contributed by atoms with Crippen LogP contribution in [0.15, 0.2) is 29.6 Å². The number of likely N-dealkylation sites (tertiary alicyclic amines) is 1. The van der Waals surface area contributed by atoms with Gasteiger partial charge in [0.1, 0.15) is 6.04 Å². The number of nitrogens with zero attached hydrogens (tertiary/aromatic N) is 3. The van der Waals surface area contributed by atoms with Crippen molar-refractivity contribution < 1.29 is 14.7 Å². The Hall–Kier alpha value is -2.02. The van der Waals surface area contributed by atoms with Crippen molar-refractivity contribution in [1.82, 2.24) is 14.3 Å². The lowest BCUT2D eigenvalue weighted by molar-refractivity contribution is -0.143. The van der Waals surface area contributed by atoms with E-state index in [0.29, 0.717) is 24.2 Å². The fraction of sp³-hybridized carbons (Fsp3) is 0.400. The van der Waals surface area contributed by atoms with Crippen LogP contribution in [0.2, 0.25) is 0 Å². The van der Waals surface area contributed by atoms with Crippen LogP contribution in [0.5, 0.6) is 0 Å². The molecule has 2 aromatic heterocycles. The summed E-state index contributed by atoms with van der Waals surface area (Å²) in [5, 5.41) is 10.1. The number of imidazole rings is 1. The Morgan fingerprint density at radius 2 is 2.18 bits per heavy atom. The van der Waals surface area contributed by atoms with Gasteiger partial charge in [0, 0.05) is 12.7 Å². The van der Waals surface area contributed by atoms with E-state index in [9.17, 15) is 14.7 Å². The molecule has 0 radical (unpaired) electrons. The second-order valence-corrected chi connectivity index (χ2v) is 6.02. The molecule has 3 heterocycles. The lowest BCUT2D eigenvalue weighted by Crippen LogP contribution is -2.48. The summed E-state index contributed by atoms with van der Waals surface area (Å²) in [5.74, 6) is -1.24. The van der Waals surface area contributed by atoms with Crippen LogP contribution in [0.25, 0.3) is 5.52 Å². The summed E-state index contributed by atoms with van der Waals surface area (Å²) in [7, 11) is 0. The van der Waals surface area contributed by atoms with Gasteiger partial charge >= 0.3 is 5.97 Å². The van der Waals surface area contributed by atoms with E-state index >= 15 is 0 Å². The molecule has 1 aliphatic heterocycles. The maximum atomic E-state index is 12.8. The summed E-state index contributed by atoms with van der Waals surface area (Å²) in [6, 6.07) is 4.81. The van der Waals surface area contributed by atoms with E-state index in [1.807, 2.05) is 35.1 Å². The highest BCUT2D eigenvalue weighted by atomic mass is 32.2. The molecule has 1 aliphatic rings. The third kappa shape index (κ3) is 2.45. The number of thioether (sulfide) groups is 1. The average molecular weight is 319 g/mol. The summed E-state index contributed by atoms with van der Waals surface area (Å²) < 4.78 is 1.86. The maximum Gasteiger partial charge on any atom is 0.326 e. The van der Waals surface area contributed by atoms with Gasteiger partial charge in [-0.2, -0.15) is 0 Å². The number of hydrogen-bond donors (Lipinski definition) is 1. The molecule has 0 spiro atoms. The zero-order valence-corrected chi connectivity index (χ0v) is 13.0. The zero-order valence-electron chi connectivity index (χ0n) is 12.2. The highest BCUT2D eigenvalue weighted by Gasteiger charge is 2.34. The molecule has 116 valence electrons. The van der Waals surface area contributed by atoms with E-state index < -0.39 is 12.0 Å². The van der Waals surface area contributed by atoms with Crippen LogP contribution in [0.1, 0.15) is 29.8 Å². The van der Waals surface area contributed by atoms with Crippen molar-refractivity contribution in [2.75, 3.05) is 12.8 Å². The van der Waals surface area contributed by atoms with Gasteiger partial charge in [-0.05, 0) is 37.7 Å². The Bertz CT molecular complexity index is 728. The number of pyridine rings is 1. The van der Waals surface area contributed by atoms with Crippen LogP contribution in [0.4, 0.5) is 0 Å². The molecule has 0 saturated carbocycles. The number of rotatable bonds is 3. The van der Waals surface area contributed by atoms with Gasteiger partial charge in [-0.15, -0.1) is 0 Å². The first-order valence-corrected chi connectivity index (χ1v) is 8.41. The molecule has 6 nitrogen and oxygen atoms in total. The van der Waals surface area contributed by atoms with E-state index in [-0.39, 0.29) is 5.91 Å². The number of aromatic nitrogens is 2. The number of hydrogen-bond acceptors (Lipinski definition) is 4. The summed E-state index contributed by atoms with van der Waals surface area (Å²) in [5.41, 5.74) is 1.05. The van der Waals surface area contributed by atoms with Crippen LogP contribution in [-0.4, -0.2) is 50.1 Å². The first-order chi connectivity index (χ1) is 10.6. The summed E-state index contributed by atoms with van der Waals surface area (Å²) >= 11 is 1.46. The Morgan fingerprint density at radius 3 is 2.91 bits per heavy atom. The van der Waals surface area contributed by atoms with Crippen molar-refractivity contribution in [3.05, 3.63) is 30.1 Å². The van der Waals surface area contributed by atoms with Crippen molar-refractivity contribution in [3.63, 3.8) is 0 Å². The normalized spacial score (nSPS) is 18.6. The third-order valence-electron chi connectivity index (χ3n) is 3.95. The topological polar surface area (TPSA) is 74.9 Å². The standard InChI is InChI=1S/C15H17N3O3S/c1-22-15-16-12(10-6-2-5-9-18(10)15)13(19)17-8-4-3-7-11(17)14(20)21/h2,5-6,9,11H,3-4,7-8H2,1H3,(H,20,21)/t11-/m1/s1. The molecule has 2 aromatic rings. The molecule has 0 bridgehead atoms. The van der Waals surface area contributed by atoms with Crippen LogP contribution in [-0.2, 0) is 4.79 Å². The van der Waals surface area contributed by atoms with E-state index in [2.05, 4.69) is 4.98 Å². The van der Waals surface area contributed by atoms with Crippen molar-refractivity contribution in [3.8, 4) is 0 Å². The number of carboxylic acids is 1. The number of amides is 1. The first kappa shape index (κ1) is 14.9. The maximum absolute atomic E-state index is 12.8. The van der Waals surface area contributed by atoms with E-state index in [1.54, 1.807) is 0 Å². The predicted molar refractivity (Wildman–Crippen MR) is 83.3 cm³/mol. The molecule has 3 rings (SSSR count). The number of carbonyl (C=O) groups excluding carboxylic acids is 1. The minimum Gasteiger partial charge on any atom is -0.480 e. The molecule has 0 aliphatic carbocycles. The predicted octanol–water partition coefficient (Wildman–Crippen LogP) is 2.14. The molecule has 1 atom stereocenters. The summed E-state index contributed by atoms with van der Waals surface area (Å²) in [6.07, 6.45) is 5.92. The molecular weight excluding hydrogens is 302 g/mol. The SMILES string of the molecule is CSc1nc(C(=O)N2CCCC[C@@H]2C(=O)O)c2ccccn12. The largest absolute Gasteiger partial charge is 0.480 e. The molecule has 1 N–H and O–H groups in total. The fourth-order valence-corrected chi connectivity index (χ4v) is 3.42. The van der Waals surface area contributed by atoms with Crippen molar-refractivity contribution in [2.24, 2.45) is 0 Å². The third-order valence-corrected chi connectivity index (χ3v) is 4.60. The van der Waals surface area contributed by atoms with Crippen LogP contribution in [0.3, 0.4) is 0 Å². The van der Waals surface area contributed by atoms with E-state index in [0.717, 1.165) is 18.0 Å². The van der Waals surface area contributed by atoms with Crippen LogP contribution >= 0.6 is 11.8 Å². The summed E-state index contributed by atoms with van der Waals surface area (Å²) in [4.78, 5) is 30.1. The molecule has 1 saturated heterocycles. The number of aliphatic carboxylic acids is 1. The number of piperidine rings is 1. The van der Waals surface area contributed by atoms with Crippen LogP contribution < -0.4 is 0 Å². The zero-order chi connectivity index (χ0) is 15.7. The average Bonchev–Trinajstić information content (AvgIpc) is 2.93. The van der Waals surface area contributed by atoms with Crippen LogP contribution in [0, 0.1) is 0 Å². The second kappa shape index (κ2) is 6.00. The van der Waals surface area contributed by atoms with Crippen molar-refractivity contribution in [2.45, 2.75) is 30.5 Å². The highest BCUT2D eigenvalue weighted by molar-refractivity contribution is 7.98. The lowest BCUT2D eigenvalue weighted by atomic mass is 10.0. The van der Waals surface area contributed by atoms with Gasteiger partial charge in [0.25, 0.3) is 5.91 Å². The van der Waals surface area contributed by atoms with Gasteiger partial charge in [-0.3, -0.25) is 9.20 Å². The number of carboxylic acid groups (broad SMARTS) is 1. The molecule has 22 heavy (non-hydrogen) atoms. The van der Waals surface area contributed by atoms with Gasteiger partial charge in [-0.1, -0.05) is 17.8 Å². The Balaban J connectivity index is 2.03. The molecule has 1 fully saturated rings. The van der Waals surface area contributed by atoms with E-state index in [4.69, 9.17) is 0 Å². The monoisotopic (exact) mass is 319 g/mol. The van der Waals surface area contributed by atoms with Gasteiger partial charge in [0.2, 0.25) is 0 Å². The van der Waals surface area contributed by atoms with E-state index in [1.165, 1.54) is 16.7 Å². The number of carbonyl (C=O) groups is 2. The molecule has 0 unspecified atom stereocenters. The quantitative estimate of drug-likeness (QED) is 0.877. The molecule has 0 aromatic carbocycles. The Morgan fingerprint density at radius 1 is 1.36 bits per heavy atom. The fourth-order valence-electron chi connectivity index (χ4n) is 2.88. The summed E-state index contributed by atoms with van der Waals surface area (Å²) in [6.45, 7) is 0.469. The second-order valence-electron chi connectivity index (χ2n) is 5.25. The van der Waals surface area contributed by atoms with Crippen molar-refractivity contribution in [1.29, 1.82) is 0 Å². The Labute approximate surface area is 132 Å². The minimum absolute atomic E-state index is 0.295. The van der Waals surface area contributed by atoms with Crippen molar-refractivity contribution >= 4 is 29.2 Å². The van der Waals surface area contributed by atoms with Gasteiger partial charge < -0.3 is 10.0 Å². The minimum atomic E-state index is -0.943. The smallest absolute Gasteiger partial charge is 0.326 e. The van der Waals surface area contributed by atoms with Gasteiger partial charge in [0.05, 0.1) is 5.52 Å². The molecular formula is C15H17N3O3S. The first-order valence-electron chi connectivity index (χ1n) is 7.18. The molecule has 7 heteroatoms. The van der Waals surface area contributed by atoms with Gasteiger partial charge in [0.15, 0.2) is 10.9 Å². The highest BCUT2D eigenvalue weighted by Crippen LogP contribution is 2.24. The lowest BCUT2D eigenvalue weighted by Gasteiger charge is -2.32. The molecule has 1 amide bonds. The Kier molecular flexibility index (Phi) is 4.06. The van der Waals surface area contributed by atoms with Gasteiger partial charge in [-0.25, -0.2) is 9.78 Å². The number of fused-ring (bicyclic) bond motifs is 1.